The van der Waals surface area contributed by atoms with Gasteiger partial charge in [0.2, 0.25) is 0 Å². The van der Waals surface area contributed by atoms with Gasteiger partial charge in [-0.1, -0.05) is 6.07 Å². The topological polar surface area (TPSA) is 83.6 Å². The van der Waals surface area contributed by atoms with E-state index in [9.17, 15) is 4.79 Å². The van der Waals surface area contributed by atoms with Gasteiger partial charge in [0.15, 0.2) is 5.13 Å². The van der Waals surface area contributed by atoms with Crippen LogP contribution in [0, 0.1) is 6.92 Å². The van der Waals surface area contributed by atoms with Crippen molar-refractivity contribution in [3.05, 3.63) is 47.2 Å². The molecule has 0 atom stereocenters. The molecule has 3 aromatic rings. The van der Waals surface area contributed by atoms with Crippen molar-refractivity contribution >= 4 is 22.4 Å². The van der Waals surface area contributed by atoms with Gasteiger partial charge in [-0.3, -0.25) is 20.2 Å². The third kappa shape index (κ3) is 2.57. The molecule has 3 heterocycles. The molecule has 0 spiro atoms. The smallest absolute Gasteiger partial charge is 0.275 e. The Balaban J connectivity index is 1.78. The molecule has 0 saturated heterocycles. The van der Waals surface area contributed by atoms with E-state index >= 15 is 0 Å². The number of hydrogen-bond donors (Lipinski definition) is 2. The molecule has 7 heteroatoms. The van der Waals surface area contributed by atoms with E-state index in [1.54, 1.807) is 18.5 Å². The Morgan fingerprint density at radius 2 is 2.20 bits per heavy atom. The largest absolute Gasteiger partial charge is 0.297 e. The summed E-state index contributed by atoms with van der Waals surface area (Å²) in [6, 6.07) is 7.20. The highest BCUT2D eigenvalue weighted by Crippen LogP contribution is 2.18. The van der Waals surface area contributed by atoms with E-state index in [0.29, 0.717) is 22.2 Å². The summed E-state index contributed by atoms with van der Waals surface area (Å²) in [7, 11) is 0. The molecule has 0 fully saturated rings. The lowest BCUT2D eigenvalue weighted by Gasteiger charge is -1.97. The van der Waals surface area contributed by atoms with Crippen LogP contribution in [-0.4, -0.2) is 26.1 Å². The number of H-pyrrole nitrogens is 1. The van der Waals surface area contributed by atoms with E-state index in [4.69, 9.17) is 0 Å². The summed E-state index contributed by atoms with van der Waals surface area (Å²) in [6.07, 6.45) is 3.40. The highest BCUT2D eigenvalue weighted by molar-refractivity contribution is 7.15. The molecule has 0 aliphatic carbocycles. The van der Waals surface area contributed by atoms with Crippen molar-refractivity contribution in [2.75, 3.05) is 5.32 Å². The number of aryl methyl sites for hydroxylation is 1. The summed E-state index contributed by atoms with van der Waals surface area (Å²) in [6.45, 7) is 1.93. The number of anilines is 1. The third-order valence-corrected chi connectivity index (χ3v) is 3.42. The lowest BCUT2D eigenvalue weighted by molar-refractivity contribution is 0.102. The minimum atomic E-state index is -0.269. The van der Waals surface area contributed by atoms with Crippen molar-refractivity contribution in [1.29, 1.82) is 0 Å². The van der Waals surface area contributed by atoms with Crippen LogP contribution < -0.4 is 5.32 Å². The van der Waals surface area contributed by atoms with Crippen molar-refractivity contribution in [2.24, 2.45) is 0 Å². The Morgan fingerprint density at radius 3 is 2.90 bits per heavy atom. The van der Waals surface area contributed by atoms with E-state index in [2.05, 4.69) is 25.5 Å². The number of carbonyl (C=O) groups excluding carboxylic acids is 1. The fourth-order valence-electron chi connectivity index (χ4n) is 1.66. The van der Waals surface area contributed by atoms with Gasteiger partial charge in [-0.05, 0) is 25.1 Å². The zero-order chi connectivity index (χ0) is 13.9. The minimum Gasteiger partial charge on any atom is -0.297 e. The zero-order valence-electron chi connectivity index (χ0n) is 10.6. The fraction of sp³-hybridized carbons (Fsp3) is 0.0769. The number of nitrogens with one attached hydrogen (secondary N) is 2. The molecule has 2 N–H and O–H groups in total. The summed E-state index contributed by atoms with van der Waals surface area (Å²) >= 11 is 1.42. The van der Waals surface area contributed by atoms with Crippen LogP contribution in [0.15, 0.2) is 36.7 Å². The molecule has 0 saturated carbocycles. The van der Waals surface area contributed by atoms with Crippen molar-refractivity contribution in [3.8, 4) is 11.4 Å². The molecule has 0 aliphatic rings. The van der Waals surface area contributed by atoms with Crippen molar-refractivity contribution in [3.63, 3.8) is 0 Å². The summed E-state index contributed by atoms with van der Waals surface area (Å²) in [5.74, 6) is -0.269. The van der Waals surface area contributed by atoms with Crippen molar-refractivity contribution in [1.82, 2.24) is 20.2 Å². The first kappa shape index (κ1) is 12.5. The maximum atomic E-state index is 12.0. The number of aromatic amines is 1. The van der Waals surface area contributed by atoms with Gasteiger partial charge in [-0.2, -0.15) is 5.10 Å². The summed E-state index contributed by atoms with van der Waals surface area (Å²) in [4.78, 5) is 21.3. The van der Waals surface area contributed by atoms with Gasteiger partial charge in [0.05, 0.1) is 5.69 Å². The Labute approximate surface area is 118 Å². The standard InChI is InChI=1S/C13H11N5OS/c1-8-7-15-13(20-8)16-12(19)11-6-10(17-18-11)9-4-2-3-5-14-9/h2-7H,1H3,(H,17,18)(H,15,16,19). The van der Waals surface area contributed by atoms with E-state index < -0.39 is 0 Å². The highest BCUT2D eigenvalue weighted by atomic mass is 32.1. The second-order valence-corrected chi connectivity index (χ2v) is 5.35. The normalized spacial score (nSPS) is 10.4. The molecule has 6 nitrogen and oxygen atoms in total. The van der Waals surface area contributed by atoms with Crippen LogP contribution >= 0.6 is 11.3 Å². The van der Waals surface area contributed by atoms with E-state index in [1.165, 1.54) is 11.3 Å². The Kier molecular flexibility index (Phi) is 3.26. The number of carbonyl (C=O) groups is 1. The minimum absolute atomic E-state index is 0.269. The Bertz CT molecular complexity index is 734. The number of thiazole rings is 1. The van der Waals surface area contributed by atoms with Crippen LogP contribution in [-0.2, 0) is 0 Å². The average Bonchev–Trinajstić information content (AvgIpc) is 3.09. The van der Waals surface area contributed by atoms with Crippen LogP contribution in [0.1, 0.15) is 15.4 Å². The number of rotatable bonds is 3. The van der Waals surface area contributed by atoms with Crippen LogP contribution in [0.4, 0.5) is 5.13 Å². The molecule has 100 valence electrons. The van der Waals surface area contributed by atoms with Gasteiger partial charge in [-0.25, -0.2) is 4.98 Å². The SMILES string of the molecule is Cc1cnc(NC(=O)c2cc(-c3ccccn3)n[nH]2)s1. The van der Waals surface area contributed by atoms with E-state index in [-0.39, 0.29) is 5.91 Å². The van der Waals surface area contributed by atoms with Crippen LogP contribution in [0.25, 0.3) is 11.4 Å². The summed E-state index contributed by atoms with van der Waals surface area (Å²) in [5.41, 5.74) is 1.72. The van der Waals surface area contributed by atoms with Gasteiger partial charge in [-0.15, -0.1) is 11.3 Å². The molecule has 0 aromatic carbocycles. The second kappa shape index (κ2) is 5.22. The third-order valence-electron chi connectivity index (χ3n) is 2.59. The lowest BCUT2D eigenvalue weighted by Crippen LogP contribution is -2.11. The predicted molar refractivity (Wildman–Crippen MR) is 76.6 cm³/mol. The maximum Gasteiger partial charge on any atom is 0.275 e. The highest BCUT2D eigenvalue weighted by Gasteiger charge is 2.13. The van der Waals surface area contributed by atoms with E-state index in [0.717, 1.165) is 4.88 Å². The predicted octanol–water partition coefficient (Wildman–Crippen LogP) is 2.49. The molecule has 20 heavy (non-hydrogen) atoms. The van der Waals surface area contributed by atoms with Gasteiger partial charge in [0, 0.05) is 17.3 Å². The molecule has 0 bridgehead atoms. The zero-order valence-corrected chi connectivity index (χ0v) is 11.4. The first-order chi connectivity index (χ1) is 9.72. The number of pyridine rings is 1. The van der Waals surface area contributed by atoms with Crippen molar-refractivity contribution < 1.29 is 4.79 Å². The first-order valence-corrected chi connectivity index (χ1v) is 6.74. The van der Waals surface area contributed by atoms with E-state index in [1.807, 2.05) is 25.1 Å². The number of amides is 1. The summed E-state index contributed by atoms with van der Waals surface area (Å²) < 4.78 is 0. The Morgan fingerprint density at radius 1 is 1.30 bits per heavy atom. The first-order valence-electron chi connectivity index (χ1n) is 5.93. The average molecular weight is 285 g/mol. The number of aromatic nitrogens is 4. The molecule has 3 rings (SSSR count). The van der Waals surface area contributed by atoms with Crippen LogP contribution in [0.3, 0.4) is 0 Å². The van der Waals surface area contributed by atoms with Crippen molar-refractivity contribution in [2.45, 2.75) is 6.92 Å². The Hall–Kier alpha value is -2.54. The van der Waals surface area contributed by atoms with Gasteiger partial charge >= 0.3 is 0 Å². The van der Waals surface area contributed by atoms with Gasteiger partial charge in [0.1, 0.15) is 11.4 Å². The molecule has 0 unspecified atom stereocenters. The quantitative estimate of drug-likeness (QED) is 0.774. The molecule has 0 aliphatic heterocycles. The molecule has 1 amide bonds. The monoisotopic (exact) mass is 285 g/mol. The summed E-state index contributed by atoms with van der Waals surface area (Å²) in [5, 5.41) is 10.1. The molecular formula is C13H11N5OS. The number of hydrogen-bond acceptors (Lipinski definition) is 5. The van der Waals surface area contributed by atoms with Gasteiger partial charge < -0.3 is 0 Å². The molecule has 3 aromatic heterocycles. The molecule has 0 radical (unpaired) electrons. The van der Waals surface area contributed by atoms with Crippen LogP contribution in [0.2, 0.25) is 0 Å². The molecular weight excluding hydrogens is 274 g/mol. The maximum absolute atomic E-state index is 12.0. The van der Waals surface area contributed by atoms with Crippen LogP contribution in [0.5, 0.6) is 0 Å². The number of nitrogens with zero attached hydrogens (tertiary/aromatic N) is 3. The van der Waals surface area contributed by atoms with Gasteiger partial charge in [0.25, 0.3) is 5.91 Å². The lowest BCUT2D eigenvalue weighted by atomic mass is 10.2. The second-order valence-electron chi connectivity index (χ2n) is 4.11. The fourth-order valence-corrected chi connectivity index (χ4v) is 2.32.